The summed E-state index contributed by atoms with van der Waals surface area (Å²) in [7, 11) is 1.36. The Kier molecular flexibility index (Phi) is 3.67. The largest absolute Gasteiger partial charge is 0.496 e. The topological polar surface area (TPSA) is 63.8 Å². The third-order valence-corrected chi connectivity index (χ3v) is 3.56. The molecule has 24 heavy (non-hydrogen) atoms. The molecule has 0 aliphatic heterocycles. The summed E-state index contributed by atoms with van der Waals surface area (Å²) in [6.07, 6.45) is -1.67. The molecule has 0 saturated carbocycles. The molecule has 2 aromatic heterocycles. The molecular weight excluding hydrogens is 325 g/mol. The highest BCUT2D eigenvalue weighted by Crippen LogP contribution is 2.37. The molecule has 124 valence electrons. The Morgan fingerprint density at radius 3 is 2.62 bits per heavy atom. The van der Waals surface area contributed by atoms with Gasteiger partial charge in [-0.25, -0.2) is 9.78 Å². The van der Waals surface area contributed by atoms with Crippen LogP contribution in [0.2, 0.25) is 0 Å². The number of ether oxygens (including phenoxy) is 1. The van der Waals surface area contributed by atoms with E-state index in [4.69, 9.17) is 9.84 Å². The SMILES string of the molecule is COc1ccc(C(F)(F)F)cc1-c1cnc2cc(C(=O)O)ccn12. The highest BCUT2D eigenvalue weighted by atomic mass is 19.4. The van der Waals surface area contributed by atoms with E-state index in [0.717, 1.165) is 12.1 Å². The summed E-state index contributed by atoms with van der Waals surface area (Å²) in [5, 5.41) is 8.99. The third kappa shape index (κ3) is 2.66. The molecule has 0 aliphatic carbocycles. The Morgan fingerprint density at radius 1 is 1.25 bits per heavy atom. The smallest absolute Gasteiger partial charge is 0.416 e. The van der Waals surface area contributed by atoms with E-state index in [1.807, 2.05) is 0 Å². The summed E-state index contributed by atoms with van der Waals surface area (Å²) < 4.78 is 45.6. The maximum Gasteiger partial charge on any atom is 0.416 e. The van der Waals surface area contributed by atoms with Crippen LogP contribution < -0.4 is 4.74 Å². The number of aromatic nitrogens is 2. The Balaban J connectivity index is 2.21. The lowest BCUT2D eigenvalue weighted by atomic mass is 10.1. The average Bonchev–Trinajstić information content (AvgIpc) is 2.96. The van der Waals surface area contributed by atoms with Crippen LogP contribution in [0.3, 0.4) is 0 Å². The quantitative estimate of drug-likeness (QED) is 0.792. The van der Waals surface area contributed by atoms with E-state index in [0.29, 0.717) is 11.3 Å². The maximum atomic E-state index is 13.0. The van der Waals surface area contributed by atoms with Crippen molar-refractivity contribution in [1.29, 1.82) is 0 Å². The number of hydrogen-bond acceptors (Lipinski definition) is 3. The summed E-state index contributed by atoms with van der Waals surface area (Å²) in [5.74, 6) is -0.856. The van der Waals surface area contributed by atoms with Crippen LogP contribution in [0.5, 0.6) is 5.75 Å². The first-order valence-corrected chi connectivity index (χ1v) is 6.77. The van der Waals surface area contributed by atoms with Crippen molar-refractivity contribution in [2.45, 2.75) is 6.18 Å². The first-order chi connectivity index (χ1) is 11.3. The van der Waals surface area contributed by atoms with Gasteiger partial charge < -0.3 is 9.84 Å². The van der Waals surface area contributed by atoms with E-state index >= 15 is 0 Å². The fourth-order valence-corrected chi connectivity index (χ4v) is 2.40. The number of methoxy groups -OCH3 is 1. The third-order valence-electron chi connectivity index (χ3n) is 3.56. The fourth-order valence-electron chi connectivity index (χ4n) is 2.40. The van der Waals surface area contributed by atoms with E-state index < -0.39 is 17.7 Å². The normalized spacial score (nSPS) is 11.7. The molecule has 1 aromatic carbocycles. The highest BCUT2D eigenvalue weighted by Gasteiger charge is 2.31. The lowest BCUT2D eigenvalue weighted by molar-refractivity contribution is -0.137. The van der Waals surface area contributed by atoms with Crippen molar-refractivity contribution in [1.82, 2.24) is 9.38 Å². The molecule has 5 nitrogen and oxygen atoms in total. The predicted molar refractivity (Wildman–Crippen MR) is 79.1 cm³/mol. The molecule has 0 saturated heterocycles. The van der Waals surface area contributed by atoms with Crippen LogP contribution in [-0.2, 0) is 6.18 Å². The molecule has 8 heteroatoms. The van der Waals surface area contributed by atoms with Crippen molar-refractivity contribution in [2.75, 3.05) is 7.11 Å². The van der Waals surface area contributed by atoms with Gasteiger partial charge in [0.2, 0.25) is 0 Å². The zero-order valence-corrected chi connectivity index (χ0v) is 12.3. The molecule has 0 bridgehead atoms. The average molecular weight is 336 g/mol. The Labute approximate surface area is 133 Å². The van der Waals surface area contributed by atoms with Crippen molar-refractivity contribution in [3.8, 4) is 17.0 Å². The monoisotopic (exact) mass is 336 g/mol. The van der Waals surface area contributed by atoms with E-state index in [9.17, 15) is 18.0 Å². The number of aromatic carboxylic acids is 1. The van der Waals surface area contributed by atoms with Gasteiger partial charge >= 0.3 is 12.1 Å². The standard InChI is InChI=1S/C16H11F3N2O3/c1-24-13-3-2-10(16(17,18)19)7-11(13)12-8-20-14-6-9(15(22)23)4-5-21(12)14/h2-8H,1H3,(H,22,23). The van der Waals surface area contributed by atoms with E-state index in [2.05, 4.69) is 4.98 Å². The van der Waals surface area contributed by atoms with Crippen LogP contribution in [0.25, 0.3) is 16.9 Å². The number of nitrogens with zero attached hydrogens (tertiary/aromatic N) is 2. The molecule has 1 N–H and O–H groups in total. The van der Waals surface area contributed by atoms with Gasteiger partial charge in [-0.15, -0.1) is 0 Å². The first kappa shape index (κ1) is 15.9. The van der Waals surface area contributed by atoms with E-state index in [1.165, 1.54) is 42.1 Å². The number of pyridine rings is 1. The van der Waals surface area contributed by atoms with Gasteiger partial charge in [-0.1, -0.05) is 0 Å². The van der Waals surface area contributed by atoms with Gasteiger partial charge in [-0.2, -0.15) is 13.2 Å². The number of rotatable bonds is 3. The summed E-state index contributed by atoms with van der Waals surface area (Å²) in [5.41, 5.74) is 0.114. The highest BCUT2D eigenvalue weighted by molar-refractivity contribution is 5.89. The molecule has 0 fully saturated rings. The van der Waals surface area contributed by atoms with Crippen LogP contribution in [0.1, 0.15) is 15.9 Å². The van der Waals surface area contributed by atoms with E-state index in [-0.39, 0.29) is 16.9 Å². The number of carbonyl (C=O) groups is 1. The van der Waals surface area contributed by atoms with Crippen molar-refractivity contribution >= 4 is 11.6 Å². The molecule has 0 amide bonds. The van der Waals surface area contributed by atoms with Crippen molar-refractivity contribution in [3.63, 3.8) is 0 Å². The van der Waals surface area contributed by atoms with Crippen LogP contribution >= 0.6 is 0 Å². The Bertz CT molecular complexity index is 932. The van der Waals surface area contributed by atoms with Crippen molar-refractivity contribution in [3.05, 3.63) is 53.9 Å². The number of benzene rings is 1. The fraction of sp³-hybridized carbons (Fsp3) is 0.125. The molecule has 0 atom stereocenters. The Morgan fingerprint density at radius 2 is 2.00 bits per heavy atom. The number of carboxylic acid groups (broad SMARTS) is 1. The lowest BCUT2D eigenvalue weighted by Crippen LogP contribution is -2.05. The predicted octanol–water partition coefficient (Wildman–Crippen LogP) is 3.73. The van der Waals surface area contributed by atoms with Crippen molar-refractivity contribution in [2.24, 2.45) is 0 Å². The second-order valence-electron chi connectivity index (χ2n) is 5.01. The zero-order valence-electron chi connectivity index (χ0n) is 12.3. The second-order valence-corrected chi connectivity index (χ2v) is 5.01. The van der Waals surface area contributed by atoms with Gasteiger partial charge in [0, 0.05) is 11.8 Å². The zero-order chi connectivity index (χ0) is 17.5. The molecule has 3 aromatic rings. The van der Waals surface area contributed by atoms with E-state index in [1.54, 1.807) is 0 Å². The van der Waals surface area contributed by atoms with Crippen LogP contribution in [0, 0.1) is 0 Å². The van der Waals surface area contributed by atoms with Crippen LogP contribution in [0.15, 0.2) is 42.7 Å². The van der Waals surface area contributed by atoms with Gasteiger partial charge in [-0.05, 0) is 30.3 Å². The summed E-state index contributed by atoms with van der Waals surface area (Å²) in [6.45, 7) is 0. The van der Waals surface area contributed by atoms with Crippen molar-refractivity contribution < 1.29 is 27.8 Å². The molecule has 0 radical (unpaired) electrons. The molecule has 0 unspecified atom stereocenters. The van der Waals surface area contributed by atoms with Gasteiger partial charge in [0.1, 0.15) is 11.4 Å². The summed E-state index contributed by atoms with van der Waals surface area (Å²) >= 11 is 0. The second kappa shape index (κ2) is 5.55. The minimum Gasteiger partial charge on any atom is -0.496 e. The lowest BCUT2D eigenvalue weighted by Gasteiger charge is -2.12. The molecule has 0 aliphatic rings. The summed E-state index contributed by atoms with van der Waals surface area (Å²) in [6, 6.07) is 5.84. The van der Waals surface area contributed by atoms with Gasteiger partial charge in [0.25, 0.3) is 0 Å². The number of carboxylic acids is 1. The van der Waals surface area contributed by atoms with Gasteiger partial charge in [0.15, 0.2) is 0 Å². The van der Waals surface area contributed by atoms with Gasteiger partial charge in [0.05, 0.1) is 30.1 Å². The first-order valence-electron chi connectivity index (χ1n) is 6.77. The minimum atomic E-state index is -4.49. The number of imidazole rings is 1. The summed E-state index contributed by atoms with van der Waals surface area (Å²) in [4.78, 5) is 15.1. The number of fused-ring (bicyclic) bond motifs is 1. The molecule has 0 spiro atoms. The maximum absolute atomic E-state index is 13.0. The number of hydrogen-bond donors (Lipinski definition) is 1. The van der Waals surface area contributed by atoms with Crippen LogP contribution in [-0.4, -0.2) is 27.6 Å². The van der Waals surface area contributed by atoms with Gasteiger partial charge in [-0.3, -0.25) is 4.40 Å². The molecular formula is C16H11F3N2O3. The minimum absolute atomic E-state index is 0.0376. The molecule has 2 heterocycles. The molecule has 3 rings (SSSR count). The Hall–Kier alpha value is -3.03. The number of halogens is 3. The van der Waals surface area contributed by atoms with Crippen LogP contribution in [0.4, 0.5) is 13.2 Å². The number of alkyl halides is 3.